The molecule has 0 aliphatic carbocycles. The first-order valence-electron chi connectivity index (χ1n) is 9.33. The summed E-state index contributed by atoms with van der Waals surface area (Å²) in [6.45, 7) is 7.09. The molecule has 142 valence electrons. The van der Waals surface area contributed by atoms with E-state index in [0.717, 1.165) is 34.1 Å². The Bertz CT molecular complexity index is 1070. The van der Waals surface area contributed by atoms with Crippen LogP contribution in [0.4, 0.5) is 0 Å². The maximum atomic E-state index is 5.94. The first-order valence-corrected chi connectivity index (χ1v) is 10.2. The van der Waals surface area contributed by atoms with E-state index in [0.29, 0.717) is 11.8 Å². The second kappa shape index (κ2) is 8.02. The van der Waals surface area contributed by atoms with Gasteiger partial charge in [-0.1, -0.05) is 59.8 Å². The van der Waals surface area contributed by atoms with E-state index in [-0.39, 0.29) is 5.25 Å². The van der Waals surface area contributed by atoms with Crippen molar-refractivity contribution in [2.45, 2.75) is 37.7 Å². The third-order valence-corrected chi connectivity index (χ3v) is 5.63. The molecule has 0 fully saturated rings. The van der Waals surface area contributed by atoms with E-state index in [2.05, 4.69) is 45.7 Å². The molecule has 0 saturated carbocycles. The van der Waals surface area contributed by atoms with Gasteiger partial charge in [0.05, 0.1) is 17.1 Å². The van der Waals surface area contributed by atoms with Gasteiger partial charge in [-0.05, 0) is 38.5 Å². The number of imidazole rings is 1. The third-order valence-electron chi connectivity index (χ3n) is 4.54. The normalized spacial score (nSPS) is 12.2. The highest BCUT2D eigenvalue weighted by molar-refractivity contribution is 7.99. The average Bonchev–Trinajstić information content (AvgIpc) is 3.36. The van der Waals surface area contributed by atoms with Crippen molar-refractivity contribution in [1.82, 2.24) is 19.7 Å². The molecule has 0 aliphatic heterocycles. The Balaban J connectivity index is 1.56. The lowest BCUT2D eigenvalue weighted by atomic mass is 10.1. The van der Waals surface area contributed by atoms with Gasteiger partial charge in [0.2, 0.25) is 11.8 Å². The molecule has 4 aromatic rings. The van der Waals surface area contributed by atoms with E-state index >= 15 is 0 Å². The summed E-state index contributed by atoms with van der Waals surface area (Å²) in [5.74, 6) is 1.16. The summed E-state index contributed by atoms with van der Waals surface area (Å²) >= 11 is 1.63. The summed E-state index contributed by atoms with van der Waals surface area (Å²) in [6, 6.07) is 18.4. The highest BCUT2D eigenvalue weighted by Gasteiger charge is 2.20. The van der Waals surface area contributed by atoms with E-state index in [1.165, 1.54) is 0 Å². The fraction of sp³-hybridized carbons (Fsp3) is 0.227. The molecule has 4 rings (SSSR count). The fourth-order valence-corrected chi connectivity index (χ4v) is 4.08. The van der Waals surface area contributed by atoms with Crippen LogP contribution >= 0.6 is 11.8 Å². The second-order valence-electron chi connectivity index (χ2n) is 6.61. The SMILES string of the molecule is CCn1c(-c2ccccc2)cnc1S[C@@H](C)c1nnc(-c2cccc(C)c2)o1. The molecule has 0 saturated heterocycles. The zero-order chi connectivity index (χ0) is 19.5. The van der Waals surface area contributed by atoms with Crippen LogP contribution in [0, 0.1) is 6.92 Å². The average molecular weight is 391 g/mol. The highest BCUT2D eigenvalue weighted by atomic mass is 32.2. The number of thioether (sulfide) groups is 1. The highest BCUT2D eigenvalue weighted by Crippen LogP contribution is 2.36. The molecule has 5 nitrogen and oxygen atoms in total. The fourth-order valence-electron chi connectivity index (χ4n) is 3.10. The number of hydrogen-bond acceptors (Lipinski definition) is 5. The third kappa shape index (κ3) is 3.73. The predicted octanol–water partition coefficient (Wildman–Crippen LogP) is 5.78. The van der Waals surface area contributed by atoms with E-state index in [9.17, 15) is 0 Å². The van der Waals surface area contributed by atoms with Crippen molar-refractivity contribution >= 4 is 11.8 Å². The number of rotatable bonds is 6. The Labute approximate surface area is 168 Å². The van der Waals surface area contributed by atoms with E-state index in [1.54, 1.807) is 11.8 Å². The number of aryl methyl sites for hydroxylation is 1. The van der Waals surface area contributed by atoms with Crippen LogP contribution in [-0.2, 0) is 6.54 Å². The monoisotopic (exact) mass is 390 g/mol. The molecular formula is C22H22N4OS. The van der Waals surface area contributed by atoms with Crippen LogP contribution in [0.1, 0.15) is 30.6 Å². The van der Waals surface area contributed by atoms with Crippen LogP contribution in [0.15, 0.2) is 70.4 Å². The summed E-state index contributed by atoms with van der Waals surface area (Å²) in [6.07, 6.45) is 1.93. The minimum absolute atomic E-state index is 0.00221. The van der Waals surface area contributed by atoms with Gasteiger partial charge in [0.1, 0.15) is 0 Å². The Morgan fingerprint density at radius 1 is 1.04 bits per heavy atom. The molecule has 1 atom stereocenters. The summed E-state index contributed by atoms with van der Waals surface area (Å²) in [7, 11) is 0. The summed E-state index contributed by atoms with van der Waals surface area (Å²) in [4.78, 5) is 4.64. The Morgan fingerprint density at radius 3 is 2.57 bits per heavy atom. The standard InChI is InChI=1S/C22H22N4OS/c1-4-26-19(17-10-6-5-7-11-17)14-23-22(26)28-16(3)20-24-25-21(27-20)18-12-8-9-15(2)13-18/h5-14,16H,4H2,1-3H3/t16-/m0/s1. The molecule has 0 unspecified atom stereocenters. The quantitative estimate of drug-likeness (QED) is 0.391. The lowest BCUT2D eigenvalue weighted by molar-refractivity contribution is 0.508. The van der Waals surface area contributed by atoms with Gasteiger partial charge in [-0.25, -0.2) is 4.98 Å². The first kappa shape index (κ1) is 18.5. The minimum atomic E-state index is 0.00221. The maximum absolute atomic E-state index is 5.94. The molecule has 0 bridgehead atoms. The van der Waals surface area contributed by atoms with E-state index in [4.69, 9.17) is 4.42 Å². The van der Waals surface area contributed by atoms with Gasteiger partial charge in [-0.3, -0.25) is 0 Å². The topological polar surface area (TPSA) is 56.7 Å². The van der Waals surface area contributed by atoms with Crippen molar-refractivity contribution in [2.75, 3.05) is 0 Å². The summed E-state index contributed by atoms with van der Waals surface area (Å²) < 4.78 is 8.16. The molecule has 2 heterocycles. The summed E-state index contributed by atoms with van der Waals surface area (Å²) in [5, 5.41) is 9.44. The van der Waals surface area contributed by atoms with Gasteiger partial charge in [0.15, 0.2) is 5.16 Å². The van der Waals surface area contributed by atoms with Crippen LogP contribution in [0.5, 0.6) is 0 Å². The van der Waals surface area contributed by atoms with E-state index in [1.807, 2.05) is 55.6 Å². The zero-order valence-corrected chi connectivity index (χ0v) is 17.0. The van der Waals surface area contributed by atoms with Crippen molar-refractivity contribution in [1.29, 1.82) is 0 Å². The Morgan fingerprint density at radius 2 is 1.82 bits per heavy atom. The number of benzene rings is 2. The number of aromatic nitrogens is 4. The van der Waals surface area contributed by atoms with E-state index < -0.39 is 0 Å². The lowest BCUT2D eigenvalue weighted by Crippen LogP contribution is -2.00. The molecule has 0 aliphatic rings. The van der Waals surface area contributed by atoms with Crippen LogP contribution in [-0.4, -0.2) is 19.7 Å². The van der Waals surface area contributed by atoms with Gasteiger partial charge in [0.25, 0.3) is 0 Å². The smallest absolute Gasteiger partial charge is 0.247 e. The molecule has 0 amide bonds. The van der Waals surface area contributed by atoms with Crippen LogP contribution in [0.3, 0.4) is 0 Å². The number of hydrogen-bond donors (Lipinski definition) is 0. The molecular weight excluding hydrogens is 368 g/mol. The molecule has 2 aromatic heterocycles. The van der Waals surface area contributed by atoms with Gasteiger partial charge < -0.3 is 8.98 Å². The van der Waals surface area contributed by atoms with Gasteiger partial charge in [-0.15, -0.1) is 10.2 Å². The minimum Gasteiger partial charge on any atom is -0.419 e. The first-order chi connectivity index (χ1) is 13.7. The Hall–Kier alpha value is -2.86. The van der Waals surface area contributed by atoms with Crippen LogP contribution < -0.4 is 0 Å². The molecule has 0 radical (unpaired) electrons. The molecule has 2 aromatic carbocycles. The maximum Gasteiger partial charge on any atom is 0.247 e. The van der Waals surface area contributed by atoms with Gasteiger partial charge >= 0.3 is 0 Å². The van der Waals surface area contributed by atoms with Crippen LogP contribution in [0.25, 0.3) is 22.7 Å². The van der Waals surface area contributed by atoms with Gasteiger partial charge in [0, 0.05) is 12.1 Å². The molecule has 28 heavy (non-hydrogen) atoms. The molecule has 0 N–H and O–H groups in total. The number of nitrogens with zero attached hydrogens (tertiary/aromatic N) is 4. The largest absolute Gasteiger partial charge is 0.419 e. The van der Waals surface area contributed by atoms with Crippen LogP contribution in [0.2, 0.25) is 0 Å². The molecule has 6 heteroatoms. The predicted molar refractivity (Wildman–Crippen MR) is 112 cm³/mol. The van der Waals surface area contributed by atoms with Crippen molar-refractivity contribution in [3.63, 3.8) is 0 Å². The van der Waals surface area contributed by atoms with Gasteiger partial charge in [-0.2, -0.15) is 0 Å². The summed E-state index contributed by atoms with van der Waals surface area (Å²) in [5.41, 5.74) is 4.38. The Kier molecular flexibility index (Phi) is 5.30. The lowest BCUT2D eigenvalue weighted by Gasteiger charge is -2.11. The van der Waals surface area contributed by atoms with Crippen molar-refractivity contribution in [2.24, 2.45) is 0 Å². The van der Waals surface area contributed by atoms with Crippen molar-refractivity contribution < 1.29 is 4.42 Å². The zero-order valence-electron chi connectivity index (χ0n) is 16.2. The second-order valence-corrected chi connectivity index (χ2v) is 7.92. The molecule has 0 spiro atoms. The van der Waals surface area contributed by atoms with Crippen molar-refractivity contribution in [3.05, 3.63) is 72.2 Å². The van der Waals surface area contributed by atoms with Crippen molar-refractivity contribution in [3.8, 4) is 22.7 Å².